The molecular formula is C9H10BrNO2. The Morgan fingerprint density at radius 1 is 1.54 bits per heavy atom. The highest BCUT2D eigenvalue weighted by molar-refractivity contribution is 9.10. The minimum absolute atomic E-state index is 0.357. The van der Waals surface area contributed by atoms with Crippen LogP contribution in [-0.4, -0.2) is 5.97 Å². The first kappa shape index (κ1) is 10.1. The zero-order valence-electron chi connectivity index (χ0n) is 7.43. The summed E-state index contributed by atoms with van der Waals surface area (Å²) in [6, 6.07) is 3.44. The lowest BCUT2D eigenvalue weighted by atomic mass is 10.2. The molecule has 0 aliphatic heterocycles. The fraction of sp³-hybridized carbons (Fsp3) is 0.222. The van der Waals surface area contributed by atoms with Gasteiger partial charge in [-0.1, -0.05) is 0 Å². The third-order valence-corrected chi connectivity index (χ3v) is 2.19. The van der Waals surface area contributed by atoms with Crippen LogP contribution in [0.3, 0.4) is 0 Å². The normalized spacial score (nSPS) is 9.77. The standard InChI is InChI=1S/C9H10BrNO2/c1-5-3-7(10)9(4-8(5)11)13-6(2)12/h3-4H,11H2,1-2H3. The first-order valence-corrected chi connectivity index (χ1v) is 4.54. The Hall–Kier alpha value is -1.03. The summed E-state index contributed by atoms with van der Waals surface area (Å²) in [7, 11) is 0. The molecule has 0 unspecified atom stereocenters. The van der Waals surface area contributed by atoms with Crippen LogP contribution < -0.4 is 10.5 Å². The molecule has 0 aromatic heterocycles. The van der Waals surface area contributed by atoms with Gasteiger partial charge in [0, 0.05) is 18.7 Å². The number of ether oxygens (including phenoxy) is 1. The smallest absolute Gasteiger partial charge is 0.308 e. The summed E-state index contributed by atoms with van der Waals surface area (Å²) >= 11 is 3.28. The Labute approximate surface area is 85.0 Å². The van der Waals surface area contributed by atoms with E-state index in [9.17, 15) is 4.79 Å². The van der Waals surface area contributed by atoms with Crippen LogP contribution in [0.1, 0.15) is 12.5 Å². The number of hydrogen-bond donors (Lipinski definition) is 1. The number of esters is 1. The van der Waals surface area contributed by atoms with Crippen molar-refractivity contribution in [3.63, 3.8) is 0 Å². The van der Waals surface area contributed by atoms with Crippen LogP contribution in [0.25, 0.3) is 0 Å². The molecule has 0 heterocycles. The van der Waals surface area contributed by atoms with E-state index >= 15 is 0 Å². The maximum atomic E-state index is 10.7. The number of nitrogen functional groups attached to an aromatic ring is 1. The van der Waals surface area contributed by atoms with Gasteiger partial charge < -0.3 is 10.5 Å². The molecule has 0 amide bonds. The van der Waals surface area contributed by atoms with Crippen molar-refractivity contribution in [1.29, 1.82) is 0 Å². The van der Waals surface area contributed by atoms with Gasteiger partial charge in [-0.05, 0) is 34.5 Å². The van der Waals surface area contributed by atoms with E-state index in [0.717, 1.165) is 10.0 Å². The molecule has 0 atom stereocenters. The van der Waals surface area contributed by atoms with Crippen LogP contribution in [0.2, 0.25) is 0 Å². The number of hydrogen-bond acceptors (Lipinski definition) is 3. The predicted molar refractivity (Wildman–Crippen MR) is 54.6 cm³/mol. The zero-order valence-corrected chi connectivity index (χ0v) is 9.01. The lowest BCUT2D eigenvalue weighted by Crippen LogP contribution is -2.03. The number of carbonyl (C=O) groups excluding carboxylic acids is 1. The van der Waals surface area contributed by atoms with Gasteiger partial charge in [0.25, 0.3) is 0 Å². The Morgan fingerprint density at radius 3 is 2.69 bits per heavy atom. The molecule has 13 heavy (non-hydrogen) atoms. The molecule has 1 aromatic carbocycles. The summed E-state index contributed by atoms with van der Waals surface area (Å²) in [5, 5.41) is 0. The van der Waals surface area contributed by atoms with Gasteiger partial charge in [0.1, 0.15) is 5.75 Å². The van der Waals surface area contributed by atoms with Crippen LogP contribution in [-0.2, 0) is 4.79 Å². The fourth-order valence-corrected chi connectivity index (χ4v) is 1.44. The molecule has 3 nitrogen and oxygen atoms in total. The van der Waals surface area contributed by atoms with Gasteiger partial charge in [0.15, 0.2) is 0 Å². The topological polar surface area (TPSA) is 52.3 Å². The number of nitrogens with two attached hydrogens (primary N) is 1. The van der Waals surface area contributed by atoms with Crippen molar-refractivity contribution in [3.8, 4) is 5.75 Å². The van der Waals surface area contributed by atoms with E-state index in [4.69, 9.17) is 10.5 Å². The largest absolute Gasteiger partial charge is 0.425 e. The van der Waals surface area contributed by atoms with E-state index < -0.39 is 0 Å². The molecular weight excluding hydrogens is 234 g/mol. The molecule has 1 rings (SSSR count). The van der Waals surface area contributed by atoms with E-state index in [1.807, 2.05) is 13.0 Å². The van der Waals surface area contributed by atoms with Crippen LogP contribution in [0, 0.1) is 6.92 Å². The second kappa shape index (κ2) is 3.79. The Balaban J connectivity index is 3.08. The summed E-state index contributed by atoms with van der Waals surface area (Å²) in [5.74, 6) is 0.0968. The van der Waals surface area contributed by atoms with Gasteiger partial charge in [-0.2, -0.15) is 0 Å². The van der Waals surface area contributed by atoms with Crippen molar-refractivity contribution >= 4 is 27.6 Å². The summed E-state index contributed by atoms with van der Waals surface area (Å²) in [4.78, 5) is 10.7. The summed E-state index contributed by atoms with van der Waals surface area (Å²) < 4.78 is 5.65. The molecule has 0 aliphatic carbocycles. The number of aryl methyl sites for hydroxylation is 1. The van der Waals surface area contributed by atoms with E-state index in [-0.39, 0.29) is 5.97 Å². The maximum Gasteiger partial charge on any atom is 0.308 e. The van der Waals surface area contributed by atoms with Gasteiger partial charge in [-0.3, -0.25) is 4.79 Å². The molecule has 4 heteroatoms. The van der Waals surface area contributed by atoms with Gasteiger partial charge in [0.2, 0.25) is 0 Å². The molecule has 0 saturated heterocycles. The van der Waals surface area contributed by atoms with Crippen molar-refractivity contribution in [2.24, 2.45) is 0 Å². The first-order valence-electron chi connectivity index (χ1n) is 3.74. The van der Waals surface area contributed by atoms with Gasteiger partial charge in [-0.25, -0.2) is 0 Å². The number of carbonyl (C=O) groups is 1. The summed E-state index contributed by atoms with van der Waals surface area (Å²) in [6.45, 7) is 3.24. The van der Waals surface area contributed by atoms with Crippen molar-refractivity contribution in [2.45, 2.75) is 13.8 Å². The van der Waals surface area contributed by atoms with Gasteiger partial charge in [0.05, 0.1) is 4.47 Å². The molecule has 70 valence electrons. The van der Waals surface area contributed by atoms with E-state index in [1.165, 1.54) is 6.92 Å². The average molecular weight is 244 g/mol. The molecule has 0 radical (unpaired) electrons. The number of rotatable bonds is 1. The lowest BCUT2D eigenvalue weighted by Gasteiger charge is -2.07. The zero-order chi connectivity index (χ0) is 10.0. The number of benzene rings is 1. The predicted octanol–water partition coefficient (Wildman–Crippen LogP) is 2.27. The van der Waals surface area contributed by atoms with Crippen molar-refractivity contribution in [1.82, 2.24) is 0 Å². The monoisotopic (exact) mass is 243 g/mol. The molecule has 0 bridgehead atoms. The fourth-order valence-electron chi connectivity index (χ4n) is 0.902. The highest BCUT2D eigenvalue weighted by Gasteiger charge is 2.06. The minimum Gasteiger partial charge on any atom is -0.425 e. The van der Waals surface area contributed by atoms with Gasteiger partial charge in [-0.15, -0.1) is 0 Å². The third-order valence-electron chi connectivity index (χ3n) is 1.57. The van der Waals surface area contributed by atoms with Crippen LogP contribution in [0.5, 0.6) is 5.75 Å². The van der Waals surface area contributed by atoms with Crippen LogP contribution in [0.15, 0.2) is 16.6 Å². The molecule has 1 aromatic rings. The molecule has 0 spiro atoms. The Bertz CT molecular complexity index is 350. The van der Waals surface area contributed by atoms with Crippen molar-refractivity contribution in [3.05, 3.63) is 22.2 Å². The summed E-state index contributed by atoms with van der Waals surface area (Å²) in [5.41, 5.74) is 7.21. The SMILES string of the molecule is CC(=O)Oc1cc(N)c(C)cc1Br. The van der Waals surface area contributed by atoms with Crippen LogP contribution in [0.4, 0.5) is 5.69 Å². The lowest BCUT2D eigenvalue weighted by molar-refractivity contribution is -0.131. The Morgan fingerprint density at radius 2 is 2.15 bits per heavy atom. The van der Waals surface area contributed by atoms with Crippen LogP contribution >= 0.6 is 15.9 Å². The van der Waals surface area contributed by atoms with E-state index in [0.29, 0.717) is 11.4 Å². The quantitative estimate of drug-likeness (QED) is 0.468. The first-order chi connectivity index (χ1) is 6.00. The second-order valence-corrected chi connectivity index (χ2v) is 3.59. The molecule has 0 aliphatic rings. The number of halogens is 1. The van der Waals surface area contributed by atoms with Gasteiger partial charge >= 0.3 is 5.97 Å². The second-order valence-electron chi connectivity index (χ2n) is 2.73. The highest BCUT2D eigenvalue weighted by Crippen LogP contribution is 2.29. The average Bonchev–Trinajstić information content (AvgIpc) is 1.99. The molecule has 2 N–H and O–H groups in total. The van der Waals surface area contributed by atoms with E-state index in [2.05, 4.69) is 15.9 Å². The molecule has 0 saturated carbocycles. The highest BCUT2D eigenvalue weighted by atomic mass is 79.9. The number of anilines is 1. The summed E-state index contributed by atoms with van der Waals surface area (Å²) in [6.07, 6.45) is 0. The van der Waals surface area contributed by atoms with E-state index in [1.54, 1.807) is 6.07 Å². The van der Waals surface area contributed by atoms with Crippen molar-refractivity contribution < 1.29 is 9.53 Å². The maximum absolute atomic E-state index is 10.7. The third kappa shape index (κ3) is 2.45. The minimum atomic E-state index is -0.357. The Kier molecular flexibility index (Phi) is 2.93. The molecule has 0 fully saturated rings. The van der Waals surface area contributed by atoms with Crippen molar-refractivity contribution in [2.75, 3.05) is 5.73 Å².